The van der Waals surface area contributed by atoms with Crippen LogP contribution in [-0.2, 0) is 17.9 Å². The Bertz CT molecular complexity index is 2580. The number of aryl methyl sites for hydroxylation is 1. The van der Waals surface area contributed by atoms with E-state index >= 15 is 0 Å². The van der Waals surface area contributed by atoms with E-state index in [1.807, 2.05) is 13.2 Å². The van der Waals surface area contributed by atoms with Crippen LogP contribution in [0.3, 0.4) is 0 Å². The minimum absolute atomic E-state index is 0.0984. The van der Waals surface area contributed by atoms with E-state index in [1.54, 1.807) is 11.3 Å². The van der Waals surface area contributed by atoms with Crippen LogP contribution in [0.25, 0.3) is 76.1 Å². The van der Waals surface area contributed by atoms with Crippen LogP contribution in [0.5, 0.6) is 5.75 Å². The van der Waals surface area contributed by atoms with Gasteiger partial charge in [-0.25, -0.2) is 4.98 Å². The van der Waals surface area contributed by atoms with Crippen LogP contribution in [0.1, 0.15) is 52.7 Å². The molecule has 5 heteroatoms. The highest BCUT2D eigenvalue weighted by Crippen LogP contribution is 2.44. The van der Waals surface area contributed by atoms with Gasteiger partial charge in [-0.2, -0.15) is 0 Å². The summed E-state index contributed by atoms with van der Waals surface area (Å²) in [6, 6.07) is 38.7. The zero-order chi connectivity index (χ0) is 34.9. The summed E-state index contributed by atoms with van der Waals surface area (Å²) in [5, 5.41) is 14.3. The number of imidazole rings is 1. The summed E-state index contributed by atoms with van der Waals surface area (Å²) < 4.78 is 4.58. The number of aromatic hydroxyl groups is 1. The number of rotatable bonds is 4. The Morgan fingerprint density at radius 1 is 0.620 bits per heavy atom. The molecule has 3 aromatic heterocycles. The minimum Gasteiger partial charge on any atom is -0.507 e. The van der Waals surface area contributed by atoms with E-state index in [0.717, 1.165) is 61.5 Å². The number of phenolic OH excluding ortho intramolecular Hbond substituents is 1. The maximum Gasteiger partial charge on any atom is 0.144 e. The lowest BCUT2D eigenvalue weighted by molar-refractivity contribution is 0.446. The Morgan fingerprint density at radius 2 is 1.34 bits per heavy atom. The topological polar surface area (TPSA) is 50.9 Å². The van der Waals surface area contributed by atoms with Crippen molar-refractivity contribution in [3.63, 3.8) is 0 Å². The van der Waals surface area contributed by atoms with Gasteiger partial charge < -0.3 is 9.67 Å². The van der Waals surface area contributed by atoms with Crippen LogP contribution in [0, 0.1) is 0 Å². The highest BCUT2D eigenvalue weighted by Gasteiger charge is 2.27. The van der Waals surface area contributed by atoms with Crippen LogP contribution >= 0.6 is 11.3 Å². The first-order chi connectivity index (χ1) is 23.9. The third-order valence-electron chi connectivity index (χ3n) is 9.85. The summed E-state index contributed by atoms with van der Waals surface area (Å²) in [7, 11) is 2.05. The maximum absolute atomic E-state index is 11.8. The van der Waals surface area contributed by atoms with Crippen LogP contribution in [-0.4, -0.2) is 19.6 Å². The first-order valence-electron chi connectivity index (χ1n) is 17.2. The molecule has 0 saturated carbocycles. The van der Waals surface area contributed by atoms with E-state index in [2.05, 4.69) is 155 Å². The van der Waals surface area contributed by atoms with Gasteiger partial charge in [0.05, 0.1) is 27.0 Å². The van der Waals surface area contributed by atoms with E-state index in [4.69, 9.17) is 9.97 Å². The molecule has 3 heterocycles. The van der Waals surface area contributed by atoms with Gasteiger partial charge >= 0.3 is 0 Å². The van der Waals surface area contributed by atoms with Crippen molar-refractivity contribution in [1.29, 1.82) is 0 Å². The molecule has 0 aliphatic carbocycles. The van der Waals surface area contributed by atoms with Crippen molar-refractivity contribution in [1.82, 2.24) is 14.5 Å². The van der Waals surface area contributed by atoms with Crippen molar-refractivity contribution >= 4 is 42.5 Å². The van der Waals surface area contributed by atoms with Gasteiger partial charge in [-0.15, -0.1) is 11.3 Å². The van der Waals surface area contributed by atoms with Crippen molar-refractivity contribution in [3.8, 4) is 50.6 Å². The van der Waals surface area contributed by atoms with Gasteiger partial charge in [-0.1, -0.05) is 108 Å². The molecule has 0 spiro atoms. The number of aromatic nitrogens is 3. The van der Waals surface area contributed by atoms with Gasteiger partial charge in [0.15, 0.2) is 0 Å². The molecule has 0 fully saturated rings. The average Bonchev–Trinajstić information content (AvgIpc) is 3.64. The van der Waals surface area contributed by atoms with Crippen molar-refractivity contribution in [2.45, 2.75) is 52.4 Å². The third kappa shape index (κ3) is 5.46. The molecule has 0 atom stereocenters. The summed E-state index contributed by atoms with van der Waals surface area (Å²) >= 11 is 1.78. The Balaban J connectivity index is 1.35. The molecule has 8 rings (SSSR count). The van der Waals surface area contributed by atoms with E-state index in [9.17, 15) is 5.11 Å². The lowest BCUT2D eigenvalue weighted by Gasteiger charge is -2.27. The number of fused-ring (bicyclic) bond motifs is 4. The monoisotopic (exact) mass is 671 g/mol. The molecule has 248 valence electrons. The Labute approximate surface area is 297 Å². The number of phenols is 1. The molecule has 0 saturated heterocycles. The number of thiophene rings is 1. The second-order valence-corrected chi connectivity index (χ2v) is 16.5. The molecule has 0 aliphatic rings. The number of para-hydroxylation sites is 1. The quantitative estimate of drug-likeness (QED) is 0.203. The minimum atomic E-state index is -0.240. The fourth-order valence-corrected chi connectivity index (χ4v) is 8.07. The average molecular weight is 672 g/mol. The summed E-state index contributed by atoms with van der Waals surface area (Å²) in [5.41, 5.74) is 10.8. The summed E-state index contributed by atoms with van der Waals surface area (Å²) in [4.78, 5) is 10.3. The van der Waals surface area contributed by atoms with Gasteiger partial charge in [0.2, 0.25) is 0 Å². The molecular formula is C45H41N3OS. The highest BCUT2D eigenvalue weighted by atomic mass is 32.1. The fraction of sp³-hybridized carbons (Fsp3) is 0.200. The van der Waals surface area contributed by atoms with Crippen LogP contribution in [0.4, 0.5) is 0 Å². The first kappa shape index (κ1) is 32.0. The number of pyridine rings is 1. The molecule has 4 nitrogen and oxygen atoms in total. The van der Waals surface area contributed by atoms with Crippen molar-refractivity contribution in [2.24, 2.45) is 7.05 Å². The van der Waals surface area contributed by atoms with E-state index < -0.39 is 0 Å². The normalized spacial score (nSPS) is 12.4. The van der Waals surface area contributed by atoms with Crippen molar-refractivity contribution < 1.29 is 5.11 Å². The predicted molar refractivity (Wildman–Crippen MR) is 212 cm³/mol. The standard InChI is InChI=1S/C45H41N3OS/c1-44(2,3)31-23-35(42(49)36(24-31)45(4,5)6)43-47-41-32(17-13-18-38(41)48(43)7)29-20-28(27-14-9-8-10-15-27)21-30(22-29)37-25-34-33-16-11-12-19-39(33)50-40(34)26-46-37/h8-26,49H,1-7H3. The van der Waals surface area contributed by atoms with E-state index in [-0.39, 0.29) is 10.8 Å². The maximum atomic E-state index is 11.8. The molecule has 5 aromatic carbocycles. The SMILES string of the molecule is Cn1c(-c2cc(C(C)(C)C)cc(C(C)(C)C)c2O)nc2c(-c3cc(-c4ccccc4)cc(-c4cc5c(cn4)sc4ccccc45)c3)cccc21. The first-order valence-corrected chi connectivity index (χ1v) is 18.0. The van der Waals surface area contributed by atoms with Gasteiger partial charge in [0, 0.05) is 45.4 Å². The number of nitrogens with zero attached hydrogens (tertiary/aromatic N) is 3. The van der Waals surface area contributed by atoms with E-state index in [0.29, 0.717) is 5.75 Å². The molecule has 0 bridgehead atoms. The number of benzene rings is 5. The second-order valence-electron chi connectivity index (χ2n) is 15.4. The molecule has 0 radical (unpaired) electrons. The second kappa shape index (κ2) is 11.7. The molecule has 0 amide bonds. The summed E-state index contributed by atoms with van der Waals surface area (Å²) in [6.07, 6.45) is 2.01. The van der Waals surface area contributed by atoms with E-state index in [1.165, 1.54) is 25.7 Å². The molecule has 8 aromatic rings. The molecule has 0 aliphatic heterocycles. The van der Waals surface area contributed by atoms with Gasteiger partial charge in [-0.3, -0.25) is 4.98 Å². The van der Waals surface area contributed by atoms with Crippen LogP contribution in [0.15, 0.2) is 115 Å². The van der Waals surface area contributed by atoms with Crippen LogP contribution in [0.2, 0.25) is 0 Å². The van der Waals surface area contributed by atoms with Crippen molar-refractivity contribution in [2.75, 3.05) is 0 Å². The smallest absolute Gasteiger partial charge is 0.144 e. The van der Waals surface area contributed by atoms with Crippen molar-refractivity contribution in [3.05, 3.63) is 127 Å². The molecule has 50 heavy (non-hydrogen) atoms. The van der Waals surface area contributed by atoms with Gasteiger partial charge in [-0.05, 0) is 75.5 Å². The third-order valence-corrected chi connectivity index (χ3v) is 11.0. The summed E-state index contributed by atoms with van der Waals surface area (Å²) in [5.74, 6) is 1.04. The number of hydrogen-bond acceptors (Lipinski definition) is 4. The van der Waals surface area contributed by atoms with Crippen LogP contribution < -0.4 is 0 Å². The zero-order valence-corrected chi connectivity index (χ0v) is 30.5. The lowest BCUT2D eigenvalue weighted by atomic mass is 9.79. The fourth-order valence-electron chi connectivity index (χ4n) is 7.02. The number of hydrogen-bond donors (Lipinski definition) is 1. The lowest BCUT2D eigenvalue weighted by Crippen LogP contribution is -2.17. The van der Waals surface area contributed by atoms with Gasteiger partial charge in [0.25, 0.3) is 0 Å². The molecule has 1 N–H and O–H groups in total. The largest absolute Gasteiger partial charge is 0.507 e. The Morgan fingerprint density at radius 3 is 2.10 bits per heavy atom. The molecule has 0 unspecified atom stereocenters. The predicted octanol–water partition coefficient (Wildman–Crippen LogP) is 12.3. The van der Waals surface area contributed by atoms with Gasteiger partial charge in [0.1, 0.15) is 11.6 Å². The Kier molecular flexibility index (Phi) is 7.46. The summed E-state index contributed by atoms with van der Waals surface area (Å²) in [6.45, 7) is 13.1. The highest BCUT2D eigenvalue weighted by molar-refractivity contribution is 7.25. The Hall–Kier alpha value is -5.26. The molecular weight excluding hydrogens is 631 g/mol. The zero-order valence-electron chi connectivity index (χ0n) is 29.7.